The number of aliphatic imine (C=N–C) groups is 1. The lowest BCUT2D eigenvalue weighted by Gasteiger charge is -2.35. The molecule has 0 spiro atoms. The zero-order valence-electron chi connectivity index (χ0n) is 12.5. The molecule has 0 radical (unpaired) electrons. The number of guanidine groups is 1. The molecule has 0 aromatic rings. The predicted octanol–water partition coefficient (Wildman–Crippen LogP) is -0.654. The van der Waals surface area contributed by atoms with E-state index in [-0.39, 0.29) is 5.91 Å². The molecule has 0 saturated carbocycles. The van der Waals surface area contributed by atoms with Crippen LogP contribution in [0.25, 0.3) is 0 Å². The van der Waals surface area contributed by atoms with Crippen LogP contribution in [0.1, 0.15) is 6.92 Å². The molecule has 3 amide bonds. The number of nitrogens with zero attached hydrogens (tertiary/aromatic N) is 3. The Morgan fingerprint density at radius 3 is 2.81 bits per heavy atom. The van der Waals surface area contributed by atoms with Crippen molar-refractivity contribution in [1.29, 1.82) is 0 Å². The molecule has 2 N–H and O–H groups in total. The number of amides is 3. The first-order chi connectivity index (χ1) is 9.95. The topological polar surface area (TPSA) is 86.3 Å². The van der Waals surface area contributed by atoms with Crippen molar-refractivity contribution in [3.63, 3.8) is 0 Å². The molecule has 0 bridgehead atoms. The van der Waals surface area contributed by atoms with Crippen LogP contribution >= 0.6 is 0 Å². The Kier molecular flexibility index (Phi) is 4.46. The van der Waals surface area contributed by atoms with E-state index in [9.17, 15) is 9.59 Å². The summed E-state index contributed by atoms with van der Waals surface area (Å²) in [5.74, 6) is 0.260. The first-order valence-electron chi connectivity index (χ1n) is 6.74. The van der Waals surface area contributed by atoms with Gasteiger partial charge in [0.25, 0.3) is 5.91 Å². The molecule has 0 aliphatic carbocycles. The summed E-state index contributed by atoms with van der Waals surface area (Å²) in [6.45, 7) is 7.23. The molecule has 2 aliphatic rings. The van der Waals surface area contributed by atoms with E-state index in [1.54, 1.807) is 14.2 Å². The van der Waals surface area contributed by atoms with Crippen LogP contribution in [0.2, 0.25) is 0 Å². The number of hydrogen-bond donors (Lipinski definition) is 2. The molecule has 8 nitrogen and oxygen atoms in total. The largest absolute Gasteiger partial charge is 0.383 e. The third-order valence-electron chi connectivity index (χ3n) is 3.42. The van der Waals surface area contributed by atoms with Crippen LogP contribution in [0.15, 0.2) is 17.1 Å². The van der Waals surface area contributed by atoms with Crippen LogP contribution in [0, 0.1) is 0 Å². The molecule has 0 aromatic heterocycles. The summed E-state index contributed by atoms with van der Waals surface area (Å²) in [4.78, 5) is 31.6. The maximum atomic E-state index is 12.1. The number of rotatable bonds is 5. The van der Waals surface area contributed by atoms with E-state index in [0.717, 1.165) is 5.57 Å². The van der Waals surface area contributed by atoms with Gasteiger partial charge in [0.05, 0.1) is 13.2 Å². The van der Waals surface area contributed by atoms with Gasteiger partial charge in [-0.3, -0.25) is 15.1 Å². The van der Waals surface area contributed by atoms with Crippen LogP contribution in [0.4, 0.5) is 4.79 Å². The van der Waals surface area contributed by atoms with Gasteiger partial charge in [0.2, 0.25) is 0 Å². The van der Waals surface area contributed by atoms with Crippen molar-refractivity contribution < 1.29 is 14.3 Å². The standard InChI is InChI=1S/C13H21N5O3/c1-8(2)7-18-9-10(15-12(18)14-5-6-21-4)17(3)13(20)16-11(9)19/h9-10H,1,5-7H2,2-4H3,(H,14,15)(H,16,19,20). The van der Waals surface area contributed by atoms with Gasteiger partial charge in [0.15, 0.2) is 12.0 Å². The number of imide groups is 1. The summed E-state index contributed by atoms with van der Waals surface area (Å²) in [5.41, 5.74) is 0.907. The molecular weight excluding hydrogens is 274 g/mol. The van der Waals surface area contributed by atoms with E-state index in [1.165, 1.54) is 4.90 Å². The molecular formula is C13H21N5O3. The first kappa shape index (κ1) is 15.3. The summed E-state index contributed by atoms with van der Waals surface area (Å²) in [6, 6.07) is -0.923. The summed E-state index contributed by atoms with van der Waals surface area (Å²) >= 11 is 0. The van der Waals surface area contributed by atoms with Crippen molar-refractivity contribution in [2.75, 3.05) is 33.9 Å². The number of carbonyl (C=O) groups is 2. The van der Waals surface area contributed by atoms with Crippen LogP contribution in [-0.4, -0.2) is 73.8 Å². The summed E-state index contributed by atoms with van der Waals surface area (Å²) in [5, 5.41) is 5.49. The van der Waals surface area contributed by atoms with E-state index in [2.05, 4.69) is 22.2 Å². The minimum absolute atomic E-state index is 0.325. The number of methoxy groups -OCH3 is 1. The fourth-order valence-electron chi connectivity index (χ4n) is 2.43. The van der Waals surface area contributed by atoms with E-state index in [1.807, 2.05) is 11.8 Å². The van der Waals surface area contributed by atoms with Crippen molar-refractivity contribution in [3.8, 4) is 0 Å². The third-order valence-corrected chi connectivity index (χ3v) is 3.42. The Bertz CT molecular complexity index is 490. The van der Waals surface area contributed by atoms with Gasteiger partial charge in [-0.05, 0) is 6.92 Å². The second-order valence-corrected chi connectivity index (χ2v) is 5.22. The second-order valence-electron chi connectivity index (χ2n) is 5.22. The van der Waals surface area contributed by atoms with Gasteiger partial charge in [0.1, 0.15) is 6.17 Å². The van der Waals surface area contributed by atoms with E-state index in [4.69, 9.17) is 4.74 Å². The SMILES string of the molecule is C=C(C)CN1C(=NCCOC)NC2C1C(=O)NC(=O)N2C. The molecule has 2 fully saturated rings. The molecule has 2 saturated heterocycles. The van der Waals surface area contributed by atoms with Crippen molar-refractivity contribution in [1.82, 2.24) is 20.4 Å². The number of likely N-dealkylation sites (N-methyl/N-ethyl adjacent to an activating group) is 1. The van der Waals surface area contributed by atoms with Crippen LogP contribution in [0.3, 0.4) is 0 Å². The maximum Gasteiger partial charge on any atom is 0.325 e. The third kappa shape index (κ3) is 2.99. The van der Waals surface area contributed by atoms with Gasteiger partial charge in [-0.2, -0.15) is 0 Å². The molecule has 2 rings (SSSR count). The van der Waals surface area contributed by atoms with Crippen molar-refractivity contribution >= 4 is 17.9 Å². The molecule has 8 heteroatoms. The summed E-state index contributed by atoms with van der Waals surface area (Å²) < 4.78 is 4.98. The fourth-order valence-corrected chi connectivity index (χ4v) is 2.43. The Balaban J connectivity index is 2.26. The molecule has 2 atom stereocenters. The highest BCUT2D eigenvalue weighted by atomic mass is 16.5. The predicted molar refractivity (Wildman–Crippen MR) is 77.7 cm³/mol. The average Bonchev–Trinajstić information content (AvgIpc) is 2.75. The van der Waals surface area contributed by atoms with Gasteiger partial charge >= 0.3 is 6.03 Å². The van der Waals surface area contributed by atoms with Crippen LogP contribution < -0.4 is 10.6 Å². The van der Waals surface area contributed by atoms with E-state index in [0.29, 0.717) is 25.7 Å². The highest BCUT2D eigenvalue weighted by Gasteiger charge is 2.49. The monoisotopic (exact) mass is 295 g/mol. The van der Waals surface area contributed by atoms with Gasteiger partial charge in [-0.15, -0.1) is 0 Å². The number of fused-ring (bicyclic) bond motifs is 1. The van der Waals surface area contributed by atoms with Gasteiger partial charge in [-0.1, -0.05) is 12.2 Å². The smallest absolute Gasteiger partial charge is 0.325 e. The second kappa shape index (κ2) is 6.13. The lowest BCUT2D eigenvalue weighted by molar-refractivity contribution is -0.126. The van der Waals surface area contributed by atoms with E-state index < -0.39 is 18.2 Å². The fraction of sp³-hybridized carbons (Fsp3) is 0.615. The molecule has 2 unspecified atom stereocenters. The lowest BCUT2D eigenvalue weighted by atomic mass is 10.1. The average molecular weight is 295 g/mol. The van der Waals surface area contributed by atoms with Gasteiger partial charge in [0, 0.05) is 20.7 Å². The lowest BCUT2D eigenvalue weighted by Crippen LogP contribution is -2.64. The normalized spacial score (nSPS) is 26.7. The Morgan fingerprint density at radius 1 is 1.48 bits per heavy atom. The number of ether oxygens (including phenoxy) is 1. The Labute approximate surface area is 123 Å². The highest BCUT2D eigenvalue weighted by molar-refractivity contribution is 6.04. The van der Waals surface area contributed by atoms with E-state index >= 15 is 0 Å². The maximum absolute atomic E-state index is 12.1. The van der Waals surface area contributed by atoms with Gasteiger partial charge < -0.3 is 19.9 Å². The number of nitrogens with one attached hydrogen (secondary N) is 2. The molecule has 2 heterocycles. The molecule has 0 aromatic carbocycles. The van der Waals surface area contributed by atoms with Crippen molar-refractivity contribution in [2.24, 2.45) is 4.99 Å². The van der Waals surface area contributed by atoms with Gasteiger partial charge in [-0.25, -0.2) is 4.79 Å². The van der Waals surface area contributed by atoms with Crippen LogP contribution in [-0.2, 0) is 9.53 Å². The summed E-state index contributed by atoms with van der Waals surface area (Å²) in [7, 11) is 3.25. The first-order valence-corrected chi connectivity index (χ1v) is 6.74. The number of carbonyl (C=O) groups excluding carboxylic acids is 2. The quantitative estimate of drug-likeness (QED) is 0.520. The van der Waals surface area contributed by atoms with Crippen LogP contribution in [0.5, 0.6) is 0 Å². The number of urea groups is 1. The van der Waals surface area contributed by atoms with Crippen molar-refractivity contribution in [3.05, 3.63) is 12.2 Å². The zero-order valence-corrected chi connectivity index (χ0v) is 12.5. The minimum atomic E-state index is -0.509. The number of hydrogen-bond acceptors (Lipinski definition) is 4. The molecule has 116 valence electrons. The minimum Gasteiger partial charge on any atom is -0.383 e. The highest BCUT2D eigenvalue weighted by Crippen LogP contribution is 2.21. The van der Waals surface area contributed by atoms with Crippen molar-refractivity contribution in [2.45, 2.75) is 19.1 Å². The zero-order chi connectivity index (χ0) is 15.6. The Hall–Kier alpha value is -2.09. The Morgan fingerprint density at radius 2 is 2.19 bits per heavy atom. The summed E-state index contributed by atoms with van der Waals surface area (Å²) in [6.07, 6.45) is -0.424. The molecule has 2 aliphatic heterocycles. The molecule has 21 heavy (non-hydrogen) atoms.